The minimum atomic E-state index is -3.57. The average Bonchev–Trinajstić information content (AvgIpc) is 3.05. The van der Waals surface area contributed by atoms with Gasteiger partial charge in [0.25, 0.3) is 11.8 Å². The van der Waals surface area contributed by atoms with Gasteiger partial charge < -0.3 is 19.9 Å². The zero-order valence-corrected chi connectivity index (χ0v) is 22.2. The predicted octanol–water partition coefficient (Wildman–Crippen LogP) is 2.53. The number of hydrogen-bond donors (Lipinski definition) is 2. The van der Waals surface area contributed by atoms with Gasteiger partial charge in [-0.15, -0.1) is 0 Å². The van der Waals surface area contributed by atoms with Gasteiger partial charge in [0.1, 0.15) is 11.4 Å². The zero-order valence-electron chi connectivity index (χ0n) is 22.2. The molecule has 2 fully saturated rings. The molecule has 0 spiro atoms. The Labute approximate surface area is 226 Å². The van der Waals surface area contributed by atoms with Crippen LogP contribution >= 0.6 is 0 Å². The molecule has 0 bridgehead atoms. The van der Waals surface area contributed by atoms with E-state index >= 15 is 8.78 Å². The lowest BCUT2D eigenvalue weighted by Gasteiger charge is -2.38. The monoisotopic (exact) mass is 544 g/mol. The van der Waals surface area contributed by atoms with Crippen LogP contribution in [0.2, 0.25) is 0 Å². The molecule has 1 saturated heterocycles. The maximum atomic E-state index is 15.0. The lowest BCUT2D eigenvalue weighted by atomic mass is 9.94. The van der Waals surface area contributed by atoms with Crippen LogP contribution in [0.1, 0.15) is 42.5 Å². The first-order valence-corrected chi connectivity index (χ1v) is 13.3. The first-order chi connectivity index (χ1) is 18.8. The Morgan fingerprint density at radius 1 is 1.21 bits per heavy atom. The third-order valence-corrected chi connectivity index (χ3v) is 7.48. The lowest BCUT2D eigenvalue weighted by Crippen LogP contribution is -2.56. The van der Waals surface area contributed by atoms with Crippen LogP contribution in [0.15, 0.2) is 30.5 Å². The maximum absolute atomic E-state index is 15.0. The van der Waals surface area contributed by atoms with E-state index in [0.29, 0.717) is 37.5 Å². The van der Waals surface area contributed by atoms with Gasteiger partial charge in [-0.2, -0.15) is 23.9 Å². The number of nitrogens with one attached hydrogen (secondary N) is 2. The number of rotatable bonds is 6. The van der Waals surface area contributed by atoms with Crippen molar-refractivity contribution >= 4 is 29.3 Å². The van der Waals surface area contributed by atoms with Crippen LogP contribution in [0, 0.1) is 0 Å². The summed E-state index contributed by atoms with van der Waals surface area (Å²) in [6, 6.07) is 6.64. The van der Waals surface area contributed by atoms with Crippen molar-refractivity contribution in [1.82, 2.24) is 25.4 Å². The summed E-state index contributed by atoms with van der Waals surface area (Å²) in [5.41, 5.74) is 3.63. The third-order valence-electron chi connectivity index (χ3n) is 7.48. The summed E-state index contributed by atoms with van der Waals surface area (Å²) in [6.07, 6.45) is 5.74. The summed E-state index contributed by atoms with van der Waals surface area (Å²) in [5, 5.41) is 6.47. The summed E-state index contributed by atoms with van der Waals surface area (Å²) in [4.78, 5) is 37.8. The number of fused-ring (bicyclic) bond motifs is 1. The minimum absolute atomic E-state index is 0.0652. The fourth-order valence-corrected chi connectivity index (χ4v) is 5.35. The van der Waals surface area contributed by atoms with Crippen LogP contribution in [0.3, 0.4) is 0 Å². The highest BCUT2D eigenvalue weighted by molar-refractivity contribution is 6.02. The zero-order chi connectivity index (χ0) is 27.6. The largest absolute Gasteiger partial charge is 0.497 e. The van der Waals surface area contributed by atoms with E-state index in [1.807, 2.05) is 5.01 Å². The number of nitrogens with zero attached hydrogens (tertiary/aromatic N) is 6. The first-order valence-electron chi connectivity index (χ1n) is 13.3. The van der Waals surface area contributed by atoms with Crippen molar-refractivity contribution in [3.8, 4) is 5.75 Å². The summed E-state index contributed by atoms with van der Waals surface area (Å²) < 4.78 is 35.3. The quantitative estimate of drug-likeness (QED) is 0.531. The van der Waals surface area contributed by atoms with Gasteiger partial charge in [0.05, 0.1) is 19.9 Å². The number of hydrazine groups is 2. The number of amides is 2. The molecule has 210 valence electrons. The highest BCUT2D eigenvalue weighted by atomic mass is 19.3. The number of carbonyl (C=O) groups excluding carboxylic acids is 2. The van der Waals surface area contributed by atoms with E-state index in [1.54, 1.807) is 29.2 Å². The number of ether oxygens (including phenoxy) is 1. The van der Waals surface area contributed by atoms with Crippen LogP contribution in [0.25, 0.3) is 0 Å². The number of hydrogen-bond acceptors (Lipinski definition) is 9. The SMILES string of the molecule is COc1cccc(C(=O)N(Nc2ncc3c(n2)N(C2CCCCC2)CC(F)(F)C(=O)N3C)N2CCNCC2)c1. The van der Waals surface area contributed by atoms with Gasteiger partial charge in [-0.3, -0.25) is 9.59 Å². The Bertz CT molecular complexity index is 1200. The molecule has 5 rings (SSSR count). The number of piperazine rings is 1. The highest BCUT2D eigenvalue weighted by Gasteiger charge is 2.48. The lowest BCUT2D eigenvalue weighted by molar-refractivity contribution is -0.140. The Hall–Kier alpha value is -3.58. The molecule has 1 saturated carbocycles. The van der Waals surface area contributed by atoms with Gasteiger partial charge in [-0.1, -0.05) is 25.3 Å². The van der Waals surface area contributed by atoms with Crippen molar-refractivity contribution in [1.29, 1.82) is 0 Å². The normalized spacial score (nSPS) is 20.3. The number of aromatic nitrogens is 2. The fourth-order valence-electron chi connectivity index (χ4n) is 5.35. The number of methoxy groups -OCH3 is 1. The van der Waals surface area contributed by atoms with Crippen molar-refractivity contribution < 1.29 is 23.1 Å². The van der Waals surface area contributed by atoms with E-state index in [1.165, 1.54) is 25.5 Å². The fraction of sp³-hybridized carbons (Fsp3) is 0.538. The maximum Gasteiger partial charge on any atom is 0.342 e. The van der Waals surface area contributed by atoms with Crippen LogP contribution < -0.4 is 25.3 Å². The Morgan fingerprint density at radius 3 is 2.67 bits per heavy atom. The summed E-state index contributed by atoms with van der Waals surface area (Å²) >= 11 is 0. The van der Waals surface area contributed by atoms with Gasteiger partial charge in [-0.05, 0) is 31.0 Å². The molecule has 2 N–H and O–H groups in total. The summed E-state index contributed by atoms with van der Waals surface area (Å²) in [6.45, 7) is 1.68. The number of benzene rings is 1. The van der Waals surface area contributed by atoms with Crippen molar-refractivity contribution in [3.05, 3.63) is 36.0 Å². The molecule has 3 heterocycles. The molecular formula is C26H34F2N8O3. The van der Waals surface area contributed by atoms with E-state index in [9.17, 15) is 9.59 Å². The third kappa shape index (κ3) is 5.59. The molecule has 39 heavy (non-hydrogen) atoms. The summed E-state index contributed by atoms with van der Waals surface area (Å²) in [7, 11) is 2.85. The second-order valence-corrected chi connectivity index (χ2v) is 10.1. The van der Waals surface area contributed by atoms with E-state index in [-0.39, 0.29) is 29.4 Å². The van der Waals surface area contributed by atoms with E-state index in [0.717, 1.165) is 37.0 Å². The number of halogens is 2. The van der Waals surface area contributed by atoms with Gasteiger partial charge in [-0.25, -0.2) is 10.4 Å². The topological polar surface area (TPSA) is 106 Å². The Kier molecular flexibility index (Phi) is 7.80. The van der Waals surface area contributed by atoms with E-state index in [2.05, 4.69) is 20.7 Å². The molecule has 2 aromatic rings. The summed E-state index contributed by atoms with van der Waals surface area (Å²) in [5.74, 6) is -4.36. The van der Waals surface area contributed by atoms with Gasteiger partial charge >= 0.3 is 5.92 Å². The Morgan fingerprint density at radius 2 is 1.95 bits per heavy atom. The molecule has 1 aromatic heterocycles. The molecule has 1 aromatic carbocycles. The van der Waals surface area contributed by atoms with Crippen molar-refractivity contribution in [2.45, 2.75) is 44.1 Å². The minimum Gasteiger partial charge on any atom is -0.497 e. The number of alkyl halides is 2. The first kappa shape index (κ1) is 27.0. The predicted molar refractivity (Wildman–Crippen MR) is 142 cm³/mol. The second-order valence-electron chi connectivity index (χ2n) is 10.1. The van der Waals surface area contributed by atoms with Crippen molar-refractivity contribution in [2.75, 3.05) is 62.1 Å². The number of carbonyl (C=O) groups is 2. The van der Waals surface area contributed by atoms with E-state index < -0.39 is 18.4 Å². The van der Waals surface area contributed by atoms with E-state index in [4.69, 9.17) is 4.74 Å². The van der Waals surface area contributed by atoms with Crippen LogP contribution in [-0.2, 0) is 4.79 Å². The molecule has 13 heteroatoms. The van der Waals surface area contributed by atoms with Gasteiger partial charge in [0.2, 0.25) is 5.95 Å². The molecule has 0 radical (unpaired) electrons. The molecule has 0 unspecified atom stereocenters. The van der Waals surface area contributed by atoms with Gasteiger partial charge in [0.15, 0.2) is 5.82 Å². The average molecular weight is 545 g/mol. The second kappa shape index (κ2) is 11.3. The molecule has 0 atom stereocenters. The highest BCUT2D eigenvalue weighted by Crippen LogP contribution is 2.39. The molecule has 3 aliphatic rings. The van der Waals surface area contributed by atoms with Crippen LogP contribution in [-0.4, -0.2) is 90.8 Å². The molecule has 11 nitrogen and oxygen atoms in total. The smallest absolute Gasteiger partial charge is 0.342 e. The van der Waals surface area contributed by atoms with Crippen molar-refractivity contribution in [2.24, 2.45) is 0 Å². The molecule has 2 aliphatic heterocycles. The van der Waals surface area contributed by atoms with Crippen molar-refractivity contribution in [3.63, 3.8) is 0 Å². The standard InChI is InChI=1S/C26H34F2N8O3/c1-33-21-16-30-25(31-22(21)35(17-26(27,28)24(33)38)19-8-4-3-5-9-19)32-36(34-13-11-29-12-14-34)23(37)18-7-6-10-20(15-18)39-2/h6-7,10,15-16,19,29H,3-5,8-9,11-14,17H2,1-2H3,(H,30,31,32). The van der Waals surface area contributed by atoms with Crippen LogP contribution in [0.5, 0.6) is 5.75 Å². The molecule has 2 amide bonds. The Balaban J connectivity index is 1.51. The molecular weight excluding hydrogens is 510 g/mol. The molecule has 1 aliphatic carbocycles. The number of anilines is 3. The van der Waals surface area contributed by atoms with Gasteiger partial charge in [0, 0.05) is 44.8 Å². The van der Waals surface area contributed by atoms with Crippen LogP contribution in [0.4, 0.5) is 26.2 Å².